The Labute approximate surface area is 111 Å². The molecule has 0 saturated carbocycles. The second-order valence-corrected chi connectivity index (χ2v) is 5.75. The van der Waals surface area contributed by atoms with Crippen LogP contribution < -0.4 is 5.32 Å². The van der Waals surface area contributed by atoms with Crippen LogP contribution in [0.15, 0.2) is 30.3 Å². The summed E-state index contributed by atoms with van der Waals surface area (Å²) in [5.41, 5.74) is 0.463. The maximum absolute atomic E-state index is 13.6. The predicted octanol–water partition coefficient (Wildman–Crippen LogP) is 3.15. The molecular formula is C15H17FN2O. The number of pyridine rings is 1. The van der Waals surface area contributed by atoms with Gasteiger partial charge >= 0.3 is 0 Å². The van der Waals surface area contributed by atoms with E-state index in [0.29, 0.717) is 11.9 Å². The second-order valence-electron chi connectivity index (χ2n) is 5.75. The van der Waals surface area contributed by atoms with Gasteiger partial charge in [0.1, 0.15) is 17.0 Å². The fourth-order valence-electron chi connectivity index (χ4n) is 1.67. The fraction of sp³-hybridized carbons (Fsp3) is 0.333. The summed E-state index contributed by atoms with van der Waals surface area (Å²) >= 11 is 0. The van der Waals surface area contributed by atoms with E-state index < -0.39 is 5.82 Å². The standard InChI is InChI=1S/C15H17FN2O/c1-15(2,3)9-17-14(19)12-8-7-10-5-4-6-11(16)13(10)18-12/h4-8H,9H2,1-3H3,(H,17,19). The Morgan fingerprint density at radius 3 is 2.68 bits per heavy atom. The molecule has 0 fully saturated rings. The van der Waals surface area contributed by atoms with Gasteiger partial charge in [0.25, 0.3) is 5.91 Å². The van der Waals surface area contributed by atoms with Crippen molar-refractivity contribution in [2.24, 2.45) is 5.41 Å². The number of carbonyl (C=O) groups excluding carboxylic acids is 1. The van der Waals surface area contributed by atoms with E-state index in [9.17, 15) is 9.18 Å². The Balaban J connectivity index is 2.26. The lowest BCUT2D eigenvalue weighted by Crippen LogP contribution is -2.32. The summed E-state index contributed by atoms with van der Waals surface area (Å²) in [5, 5.41) is 3.49. The molecule has 2 rings (SSSR count). The number of para-hydroxylation sites is 1. The molecule has 1 N–H and O–H groups in total. The van der Waals surface area contributed by atoms with E-state index in [1.807, 2.05) is 20.8 Å². The van der Waals surface area contributed by atoms with Crippen LogP contribution in [0.5, 0.6) is 0 Å². The molecule has 0 saturated heterocycles. The number of carbonyl (C=O) groups is 1. The summed E-state index contributed by atoms with van der Waals surface area (Å²) in [6.07, 6.45) is 0. The molecule has 0 bridgehead atoms. The first-order valence-corrected chi connectivity index (χ1v) is 6.20. The number of nitrogens with zero attached hydrogens (tertiary/aromatic N) is 1. The number of halogens is 1. The zero-order valence-electron chi connectivity index (χ0n) is 11.3. The van der Waals surface area contributed by atoms with Crippen molar-refractivity contribution in [2.45, 2.75) is 20.8 Å². The number of hydrogen-bond donors (Lipinski definition) is 1. The summed E-state index contributed by atoms with van der Waals surface area (Å²) in [5.74, 6) is -0.692. The molecular weight excluding hydrogens is 243 g/mol. The summed E-state index contributed by atoms with van der Waals surface area (Å²) in [7, 11) is 0. The van der Waals surface area contributed by atoms with Gasteiger partial charge in [0, 0.05) is 11.9 Å². The van der Waals surface area contributed by atoms with Crippen LogP contribution in [0.25, 0.3) is 10.9 Å². The molecule has 0 aliphatic rings. The highest BCUT2D eigenvalue weighted by Crippen LogP contribution is 2.16. The van der Waals surface area contributed by atoms with Crippen LogP contribution in [-0.4, -0.2) is 17.4 Å². The first-order chi connectivity index (χ1) is 8.87. The van der Waals surface area contributed by atoms with Crippen LogP contribution in [0.2, 0.25) is 0 Å². The zero-order valence-corrected chi connectivity index (χ0v) is 11.3. The van der Waals surface area contributed by atoms with Crippen molar-refractivity contribution in [3.8, 4) is 0 Å². The van der Waals surface area contributed by atoms with Crippen molar-refractivity contribution < 1.29 is 9.18 Å². The quantitative estimate of drug-likeness (QED) is 0.901. The summed E-state index contributed by atoms with van der Waals surface area (Å²) in [6.45, 7) is 6.63. The molecule has 0 radical (unpaired) electrons. The highest BCUT2D eigenvalue weighted by atomic mass is 19.1. The molecule has 19 heavy (non-hydrogen) atoms. The van der Waals surface area contributed by atoms with Crippen molar-refractivity contribution >= 4 is 16.8 Å². The molecule has 3 nitrogen and oxygen atoms in total. The van der Waals surface area contributed by atoms with E-state index in [1.165, 1.54) is 6.07 Å². The van der Waals surface area contributed by atoms with Gasteiger partial charge in [-0.2, -0.15) is 0 Å². The molecule has 1 heterocycles. The molecule has 100 valence electrons. The monoisotopic (exact) mass is 260 g/mol. The van der Waals surface area contributed by atoms with E-state index in [2.05, 4.69) is 10.3 Å². The molecule has 1 amide bonds. The van der Waals surface area contributed by atoms with Gasteiger partial charge in [-0.25, -0.2) is 9.37 Å². The lowest BCUT2D eigenvalue weighted by molar-refractivity contribution is 0.0934. The Kier molecular flexibility index (Phi) is 3.51. The van der Waals surface area contributed by atoms with Gasteiger partial charge in [0.2, 0.25) is 0 Å². The minimum absolute atomic E-state index is 0.00222. The second kappa shape index (κ2) is 4.96. The van der Waals surface area contributed by atoms with Gasteiger partial charge < -0.3 is 5.32 Å². The molecule has 0 unspecified atom stereocenters. The van der Waals surface area contributed by atoms with Crippen LogP contribution in [0.3, 0.4) is 0 Å². The molecule has 0 aliphatic heterocycles. The van der Waals surface area contributed by atoms with E-state index in [-0.39, 0.29) is 22.5 Å². The van der Waals surface area contributed by atoms with E-state index >= 15 is 0 Å². The molecule has 0 atom stereocenters. The van der Waals surface area contributed by atoms with Gasteiger partial charge in [-0.05, 0) is 17.5 Å². The maximum Gasteiger partial charge on any atom is 0.269 e. The van der Waals surface area contributed by atoms with Crippen LogP contribution in [0.1, 0.15) is 31.3 Å². The lowest BCUT2D eigenvalue weighted by atomic mass is 9.97. The van der Waals surface area contributed by atoms with Crippen molar-refractivity contribution in [1.82, 2.24) is 10.3 Å². The summed E-state index contributed by atoms with van der Waals surface area (Å²) in [6, 6.07) is 8.05. The minimum atomic E-state index is -0.414. The summed E-state index contributed by atoms with van der Waals surface area (Å²) < 4.78 is 13.6. The number of rotatable bonds is 2. The number of amides is 1. The third-order valence-corrected chi connectivity index (χ3v) is 2.68. The number of aromatic nitrogens is 1. The third-order valence-electron chi connectivity index (χ3n) is 2.68. The smallest absolute Gasteiger partial charge is 0.269 e. The van der Waals surface area contributed by atoms with E-state index in [1.54, 1.807) is 24.3 Å². The van der Waals surface area contributed by atoms with Gasteiger partial charge in [-0.1, -0.05) is 39.0 Å². The van der Waals surface area contributed by atoms with Crippen LogP contribution in [-0.2, 0) is 0 Å². The average Bonchev–Trinajstić information content (AvgIpc) is 2.35. The molecule has 1 aromatic heterocycles. The topological polar surface area (TPSA) is 42.0 Å². The first-order valence-electron chi connectivity index (χ1n) is 6.20. The normalized spacial score (nSPS) is 11.6. The van der Waals surface area contributed by atoms with Crippen molar-refractivity contribution in [3.05, 3.63) is 41.8 Å². The van der Waals surface area contributed by atoms with E-state index in [0.717, 1.165) is 0 Å². The van der Waals surface area contributed by atoms with Crippen molar-refractivity contribution in [1.29, 1.82) is 0 Å². The predicted molar refractivity (Wildman–Crippen MR) is 73.5 cm³/mol. The number of nitrogens with one attached hydrogen (secondary N) is 1. The fourth-order valence-corrected chi connectivity index (χ4v) is 1.67. The van der Waals surface area contributed by atoms with Gasteiger partial charge in [-0.3, -0.25) is 4.79 Å². The van der Waals surface area contributed by atoms with Crippen LogP contribution in [0, 0.1) is 11.2 Å². The molecule has 0 aliphatic carbocycles. The summed E-state index contributed by atoms with van der Waals surface area (Å²) in [4.78, 5) is 16.0. The lowest BCUT2D eigenvalue weighted by Gasteiger charge is -2.18. The van der Waals surface area contributed by atoms with E-state index in [4.69, 9.17) is 0 Å². The van der Waals surface area contributed by atoms with Crippen LogP contribution in [0.4, 0.5) is 4.39 Å². The minimum Gasteiger partial charge on any atom is -0.350 e. The highest BCUT2D eigenvalue weighted by Gasteiger charge is 2.14. The number of hydrogen-bond acceptors (Lipinski definition) is 2. The van der Waals surface area contributed by atoms with Crippen molar-refractivity contribution in [3.63, 3.8) is 0 Å². The Bertz CT molecular complexity index is 617. The first kappa shape index (κ1) is 13.5. The average molecular weight is 260 g/mol. The van der Waals surface area contributed by atoms with Gasteiger partial charge in [-0.15, -0.1) is 0 Å². The highest BCUT2D eigenvalue weighted by molar-refractivity contribution is 5.94. The molecule has 0 spiro atoms. The Hall–Kier alpha value is -1.97. The Morgan fingerprint density at radius 2 is 2.00 bits per heavy atom. The maximum atomic E-state index is 13.6. The van der Waals surface area contributed by atoms with Crippen LogP contribution >= 0.6 is 0 Å². The largest absolute Gasteiger partial charge is 0.350 e. The SMILES string of the molecule is CC(C)(C)CNC(=O)c1ccc2cccc(F)c2n1. The molecule has 1 aromatic carbocycles. The number of benzene rings is 1. The van der Waals surface area contributed by atoms with Gasteiger partial charge in [0.15, 0.2) is 0 Å². The van der Waals surface area contributed by atoms with Crippen molar-refractivity contribution in [2.75, 3.05) is 6.54 Å². The number of fused-ring (bicyclic) bond motifs is 1. The zero-order chi connectivity index (χ0) is 14.0. The Morgan fingerprint density at radius 1 is 1.26 bits per heavy atom. The third kappa shape index (κ3) is 3.28. The molecule has 4 heteroatoms. The molecule has 2 aromatic rings. The van der Waals surface area contributed by atoms with Gasteiger partial charge in [0.05, 0.1) is 0 Å².